The third-order valence-electron chi connectivity index (χ3n) is 4.24. The fourth-order valence-corrected chi connectivity index (χ4v) is 3.91. The molecule has 0 atom stereocenters. The second kappa shape index (κ2) is 8.12. The van der Waals surface area contributed by atoms with E-state index in [1.54, 1.807) is 0 Å². The first-order chi connectivity index (χ1) is 12.8. The number of fused-ring (bicyclic) bond motifs is 1. The number of anilines is 1. The Labute approximate surface area is 157 Å². The highest BCUT2D eigenvalue weighted by molar-refractivity contribution is 7.22. The molecule has 3 rings (SSSR count). The lowest BCUT2D eigenvalue weighted by Gasteiger charge is -2.20. The van der Waals surface area contributed by atoms with Crippen LogP contribution in [0.3, 0.4) is 0 Å². The molecule has 0 bridgehead atoms. The topological polar surface area (TPSA) is 80.3 Å². The largest absolute Gasteiger partial charge is 0.573 e. The second-order valence-electron chi connectivity index (χ2n) is 6.30. The maximum atomic E-state index is 12.3. The van der Waals surface area contributed by atoms with E-state index in [-0.39, 0.29) is 29.3 Å². The van der Waals surface area contributed by atoms with Crippen molar-refractivity contribution in [3.8, 4) is 5.75 Å². The van der Waals surface area contributed by atoms with Crippen LogP contribution in [0.15, 0.2) is 18.2 Å². The SMILES string of the molecule is O=C(CNC(=O)C1CCCCC1)Nc1nc2ccc(OC(F)(F)F)cc2s1. The summed E-state index contributed by atoms with van der Waals surface area (Å²) in [7, 11) is 0. The lowest BCUT2D eigenvalue weighted by Crippen LogP contribution is -2.37. The molecular weight excluding hydrogens is 383 g/mol. The van der Waals surface area contributed by atoms with Crippen molar-refractivity contribution in [2.75, 3.05) is 11.9 Å². The van der Waals surface area contributed by atoms with E-state index < -0.39 is 12.3 Å². The summed E-state index contributed by atoms with van der Waals surface area (Å²) in [5, 5.41) is 5.41. The molecule has 27 heavy (non-hydrogen) atoms. The fourth-order valence-electron chi connectivity index (χ4n) is 3.00. The van der Waals surface area contributed by atoms with E-state index in [4.69, 9.17) is 0 Å². The predicted molar refractivity (Wildman–Crippen MR) is 94.5 cm³/mol. The summed E-state index contributed by atoms with van der Waals surface area (Å²) in [4.78, 5) is 28.2. The van der Waals surface area contributed by atoms with Gasteiger partial charge in [0.15, 0.2) is 5.13 Å². The Morgan fingerprint density at radius 2 is 1.96 bits per heavy atom. The zero-order chi connectivity index (χ0) is 19.4. The minimum absolute atomic E-state index is 0.0407. The molecule has 0 radical (unpaired) electrons. The molecule has 0 aliphatic heterocycles. The average Bonchev–Trinajstić information content (AvgIpc) is 3.00. The molecule has 1 fully saturated rings. The molecule has 146 valence electrons. The van der Waals surface area contributed by atoms with Crippen LogP contribution < -0.4 is 15.4 Å². The number of alkyl halides is 3. The van der Waals surface area contributed by atoms with Crippen molar-refractivity contribution in [2.45, 2.75) is 38.5 Å². The minimum atomic E-state index is -4.77. The number of rotatable bonds is 5. The van der Waals surface area contributed by atoms with Gasteiger partial charge < -0.3 is 15.4 Å². The van der Waals surface area contributed by atoms with Gasteiger partial charge in [-0.1, -0.05) is 30.6 Å². The maximum absolute atomic E-state index is 12.3. The van der Waals surface area contributed by atoms with E-state index in [1.807, 2.05) is 0 Å². The first-order valence-electron chi connectivity index (χ1n) is 8.54. The van der Waals surface area contributed by atoms with Crippen molar-refractivity contribution in [2.24, 2.45) is 5.92 Å². The highest BCUT2D eigenvalue weighted by Crippen LogP contribution is 2.31. The van der Waals surface area contributed by atoms with Gasteiger partial charge >= 0.3 is 6.36 Å². The quantitative estimate of drug-likeness (QED) is 0.798. The van der Waals surface area contributed by atoms with E-state index in [0.29, 0.717) is 10.2 Å². The van der Waals surface area contributed by atoms with Crippen LogP contribution in [-0.4, -0.2) is 29.7 Å². The minimum Gasteiger partial charge on any atom is -0.406 e. The first-order valence-corrected chi connectivity index (χ1v) is 9.36. The van der Waals surface area contributed by atoms with Crippen LogP contribution in [0.4, 0.5) is 18.3 Å². The Kier molecular flexibility index (Phi) is 5.83. The van der Waals surface area contributed by atoms with Crippen molar-refractivity contribution in [1.29, 1.82) is 0 Å². The van der Waals surface area contributed by atoms with Gasteiger partial charge in [0.2, 0.25) is 11.8 Å². The van der Waals surface area contributed by atoms with Gasteiger partial charge in [-0.3, -0.25) is 9.59 Å². The lowest BCUT2D eigenvalue weighted by atomic mass is 9.89. The molecule has 6 nitrogen and oxygen atoms in total. The second-order valence-corrected chi connectivity index (χ2v) is 7.33. The number of hydrogen-bond donors (Lipinski definition) is 2. The van der Waals surface area contributed by atoms with Crippen LogP contribution >= 0.6 is 11.3 Å². The lowest BCUT2D eigenvalue weighted by molar-refractivity contribution is -0.274. The Balaban J connectivity index is 1.55. The van der Waals surface area contributed by atoms with Gasteiger partial charge in [0, 0.05) is 12.0 Å². The van der Waals surface area contributed by atoms with Crippen LogP contribution in [0, 0.1) is 5.92 Å². The molecule has 2 aromatic rings. The van der Waals surface area contributed by atoms with E-state index >= 15 is 0 Å². The van der Waals surface area contributed by atoms with Crippen molar-refractivity contribution >= 4 is 38.5 Å². The third kappa shape index (κ3) is 5.56. The molecule has 1 aromatic heterocycles. The molecule has 1 aromatic carbocycles. The Hall–Kier alpha value is -2.36. The zero-order valence-electron chi connectivity index (χ0n) is 14.3. The van der Waals surface area contributed by atoms with Crippen molar-refractivity contribution < 1.29 is 27.5 Å². The summed E-state index contributed by atoms with van der Waals surface area (Å²) in [6.45, 7) is -0.173. The molecule has 1 saturated carbocycles. The van der Waals surface area contributed by atoms with Crippen LogP contribution in [-0.2, 0) is 9.59 Å². The summed E-state index contributed by atoms with van der Waals surface area (Å²) in [5.41, 5.74) is 0.441. The van der Waals surface area contributed by atoms with Gasteiger partial charge in [-0.2, -0.15) is 0 Å². The van der Waals surface area contributed by atoms with Crippen molar-refractivity contribution in [3.05, 3.63) is 18.2 Å². The Bertz CT molecular complexity index is 832. The van der Waals surface area contributed by atoms with Crippen LogP contribution in [0.5, 0.6) is 5.75 Å². The Morgan fingerprint density at radius 3 is 2.67 bits per heavy atom. The van der Waals surface area contributed by atoms with Crippen LogP contribution in [0.1, 0.15) is 32.1 Å². The highest BCUT2D eigenvalue weighted by atomic mass is 32.1. The predicted octanol–water partition coefficient (Wildman–Crippen LogP) is 3.83. The molecule has 0 saturated heterocycles. The summed E-state index contributed by atoms with van der Waals surface area (Å²) in [5.74, 6) is -0.953. The van der Waals surface area contributed by atoms with E-state index in [0.717, 1.165) is 49.5 Å². The number of nitrogens with zero attached hydrogens (tertiary/aromatic N) is 1. The van der Waals surface area contributed by atoms with Crippen molar-refractivity contribution in [1.82, 2.24) is 10.3 Å². The van der Waals surface area contributed by atoms with Crippen molar-refractivity contribution in [3.63, 3.8) is 0 Å². The summed E-state index contributed by atoms with van der Waals surface area (Å²) >= 11 is 1.02. The summed E-state index contributed by atoms with van der Waals surface area (Å²) in [6.07, 6.45) is 0.0942. The monoisotopic (exact) mass is 401 g/mol. The van der Waals surface area contributed by atoms with Gasteiger partial charge in [-0.15, -0.1) is 13.2 Å². The van der Waals surface area contributed by atoms with Gasteiger partial charge in [0.05, 0.1) is 16.8 Å². The summed E-state index contributed by atoms with van der Waals surface area (Å²) < 4.78 is 41.1. The molecule has 2 N–H and O–H groups in total. The number of nitrogens with one attached hydrogen (secondary N) is 2. The molecule has 2 amide bonds. The average molecular weight is 401 g/mol. The normalized spacial score (nSPS) is 15.5. The first kappa shape index (κ1) is 19.4. The number of thiazole rings is 1. The van der Waals surface area contributed by atoms with E-state index in [9.17, 15) is 22.8 Å². The number of carbonyl (C=O) groups is 2. The van der Waals surface area contributed by atoms with Gasteiger partial charge in [-0.05, 0) is 25.0 Å². The van der Waals surface area contributed by atoms with E-state index in [1.165, 1.54) is 12.1 Å². The van der Waals surface area contributed by atoms with Gasteiger partial charge in [-0.25, -0.2) is 4.98 Å². The highest BCUT2D eigenvalue weighted by Gasteiger charge is 2.31. The number of amides is 2. The molecule has 0 unspecified atom stereocenters. The van der Waals surface area contributed by atoms with Crippen LogP contribution in [0.25, 0.3) is 10.2 Å². The molecule has 1 aliphatic rings. The molecule has 1 heterocycles. The van der Waals surface area contributed by atoms with E-state index in [2.05, 4.69) is 20.4 Å². The number of ether oxygens (including phenoxy) is 1. The summed E-state index contributed by atoms with van der Waals surface area (Å²) in [6, 6.07) is 3.75. The maximum Gasteiger partial charge on any atom is 0.573 e. The molecule has 1 aliphatic carbocycles. The standard InChI is InChI=1S/C17H18F3N3O3S/c18-17(19,20)26-11-6-7-12-13(8-11)27-16(22-12)23-14(24)9-21-15(25)10-4-2-1-3-5-10/h6-8,10H,1-5,9H2,(H,21,25)(H,22,23,24). The third-order valence-corrected chi connectivity index (χ3v) is 5.17. The van der Waals surface area contributed by atoms with Gasteiger partial charge in [0.1, 0.15) is 5.75 Å². The molecular formula is C17H18F3N3O3S. The molecule has 10 heteroatoms. The van der Waals surface area contributed by atoms with Crippen LogP contribution in [0.2, 0.25) is 0 Å². The number of carbonyl (C=O) groups excluding carboxylic acids is 2. The molecule has 0 spiro atoms. The number of hydrogen-bond acceptors (Lipinski definition) is 5. The fraction of sp³-hybridized carbons (Fsp3) is 0.471. The number of aromatic nitrogens is 1. The van der Waals surface area contributed by atoms with Gasteiger partial charge in [0.25, 0.3) is 0 Å². The zero-order valence-corrected chi connectivity index (χ0v) is 15.1. The Morgan fingerprint density at radius 1 is 1.22 bits per heavy atom. The number of halogens is 3. The number of benzene rings is 1. The smallest absolute Gasteiger partial charge is 0.406 e.